The number of Topliss-reactive ketones (excluding diaryl/α,β-unsaturated/α-hetero) is 1. The Balaban J connectivity index is 1.69. The van der Waals surface area contributed by atoms with Crippen molar-refractivity contribution in [2.75, 3.05) is 12.0 Å². The lowest BCUT2D eigenvalue weighted by molar-refractivity contribution is -0.117. The average molecular weight is 475 g/mol. The predicted molar refractivity (Wildman–Crippen MR) is 125 cm³/mol. The first-order valence-electron chi connectivity index (χ1n) is 10.7. The van der Waals surface area contributed by atoms with Crippen molar-refractivity contribution in [1.82, 2.24) is 0 Å². The quantitative estimate of drug-likeness (QED) is 0.369. The molecule has 1 aromatic heterocycles. The lowest BCUT2D eigenvalue weighted by Crippen LogP contribution is -2.31. The Morgan fingerprint density at radius 2 is 1.83 bits per heavy atom. The lowest BCUT2D eigenvalue weighted by atomic mass is 9.93. The zero-order valence-electron chi connectivity index (χ0n) is 18.7. The fourth-order valence-corrected chi connectivity index (χ4v) is 4.36. The fraction of sp³-hybridized carbons (Fsp3) is 0.111. The van der Waals surface area contributed by atoms with Crippen LogP contribution in [0.1, 0.15) is 27.7 Å². The summed E-state index contributed by atoms with van der Waals surface area (Å²) in [6.07, 6.45) is 0. The van der Waals surface area contributed by atoms with E-state index in [1.165, 1.54) is 13.2 Å². The van der Waals surface area contributed by atoms with Crippen LogP contribution in [0.2, 0.25) is 0 Å². The maximum atomic E-state index is 14.8. The maximum Gasteiger partial charge on any atom is 0.294 e. The number of benzene rings is 3. The molecule has 4 aromatic rings. The standard InChI is InChI=1S/C27H19F2NO5/c1-14-5-3-6-15(11-14)23-22(24(31)21-12-16-7-4-8-20(34-2)26(16)35-21)25(32)27(33)30(23)19-10-9-17(28)13-18(19)29/h3-13,23,32H,1-2H3. The number of ketones is 1. The van der Waals surface area contributed by atoms with E-state index in [9.17, 15) is 23.5 Å². The van der Waals surface area contributed by atoms with Crippen molar-refractivity contribution in [2.45, 2.75) is 13.0 Å². The zero-order chi connectivity index (χ0) is 24.9. The fourth-order valence-electron chi connectivity index (χ4n) is 4.36. The summed E-state index contributed by atoms with van der Waals surface area (Å²) in [4.78, 5) is 27.8. The minimum Gasteiger partial charge on any atom is -0.503 e. The summed E-state index contributed by atoms with van der Waals surface area (Å²) >= 11 is 0. The van der Waals surface area contributed by atoms with E-state index in [-0.39, 0.29) is 17.0 Å². The number of aryl methyl sites for hydroxylation is 1. The van der Waals surface area contributed by atoms with Gasteiger partial charge in [0.2, 0.25) is 5.78 Å². The second-order valence-electron chi connectivity index (χ2n) is 8.17. The summed E-state index contributed by atoms with van der Waals surface area (Å²) in [6.45, 7) is 1.82. The third kappa shape index (κ3) is 3.63. The minimum absolute atomic E-state index is 0.127. The van der Waals surface area contributed by atoms with Gasteiger partial charge in [-0.2, -0.15) is 0 Å². The highest BCUT2D eigenvalue weighted by atomic mass is 19.1. The van der Waals surface area contributed by atoms with Crippen molar-refractivity contribution in [1.29, 1.82) is 0 Å². The summed E-state index contributed by atoms with van der Waals surface area (Å²) in [5.74, 6) is -4.12. The Labute approximate surface area is 198 Å². The molecule has 0 saturated heterocycles. The first-order valence-corrected chi connectivity index (χ1v) is 10.7. The molecule has 1 amide bonds. The number of ether oxygens (including phenoxy) is 1. The molecule has 5 rings (SSSR count). The summed E-state index contributed by atoms with van der Waals surface area (Å²) in [6, 6.07) is 15.1. The SMILES string of the molecule is COc1cccc2cc(C(=O)C3=C(O)C(=O)N(c4ccc(F)cc4F)C3c3cccc(C)c3)oc12. The minimum atomic E-state index is -1.18. The third-order valence-electron chi connectivity index (χ3n) is 5.93. The van der Waals surface area contributed by atoms with Crippen molar-refractivity contribution in [3.8, 4) is 5.75 Å². The molecule has 2 heterocycles. The zero-order valence-corrected chi connectivity index (χ0v) is 18.7. The van der Waals surface area contributed by atoms with Gasteiger partial charge in [0.1, 0.15) is 11.6 Å². The van der Waals surface area contributed by atoms with Crippen molar-refractivity contribution >= 4 is 28.3 Å². The number of rotatable bonds is 5. The predicted octanol–water partition coefficient (Wildman–Crippen LogP) is 5.81. The van der Waals surface area contributed by atoms with Crippen molar-refractivity contribution < 1.29 is 32.6 Å². The summed E-state index contributed by atoms with van der Waals surface area (Å²) in [5.41, 5.74) is 1.06. The van der Waals surface area contributed by atoms with E-state index in [2.05, 4.69) is 0 Å². The van der Waals surface area contributed by atoms with Gasteiger partial charge < -0.3 is 14.3 Å². The van der Waals surface area contributed by atoms with E-state index in [0.29, 0.717) is 28.3 Å². The van der Waals surface area contributed by atoms with Gasteiger partial charge in [0, 0.05) is 11.5 Å². The van der Waals surface area contributed by atoms with E-state index in [0.717, 1.165) is 22.6 Å². The number of aliphatic hydroxyl groups is 1. The molecular weight excluding hydrogens is 456 g/mol. The second-order valence-corrected chi connectivity index (χ2v) is 8.17. The van der Waals surface area contributed by atoms with Crippen LogP contribution in [0.25, 0.3) is 11.0 Å². The van der Waals surface area contributed by atoms with E-state index in [1.807, 2.05) is 13.0 Å². The van der Waals surface area contributed by atoms with Crippen LogP contribution in [-0.2, 0) is 4.79 Å². The van der Waals surface area contributed by atoms with E-state index >= 15 is 0 Å². The topological polar surface area (TPSA) is 80.0 Å². The molecular formula is C27H19F2NO5. The molecule has 1 aliphatic heterocycles. The first-order chi connectivity index (χ1) is 16.8. The largest absolute Gasteiger partial charge is 0.503 e. The highest BCUT2D eigenvalue weighted by Gasteiger charge is 2.46. The molecule has 1 aliphatic rings. The molecule has 0 fully saturated rings. The first kappa shape index (κ1) is 22.3. The molecule has 1 unspecified atom stereocenters. The van der Waals surface area contributed by atoms with Crippen LogP contribution in [0, 0.1) is 18.6 Å². The van der Waals surface area contributed by atoms with E-state index < -0.39 is 35.1 Å². The van der Waals surface area contributed by atoms with Crippen LogP contribution in [0.15, 0.2) is 82.5 Å². The van der Waals surface area contributed by atoms with Gasteiger partial charge in [-0.15, -0.1) is 0 Å². The highest BCUT2D eigenvalue weighted by molar-refractivity contribution is 6.20. The van der Waals surface area contributed by atoms with Gasteiger partial charge in [-0.05, 0) is 36.8 Å². The molecule has 3 aromatic carbocycles. The van der Waals surface area contributed by atoms with Gasteiger partial charge in [-0.3, -0.25) is 14.5 Å². The second kappa shape index (κ2) is 8.39. The molecule has 0 spiro atoms. The molecule has 1 N–H and O–H groups in total. The number of carbonyl (C=O) groups excluding carboxylic acids is 2. The van der Waals surface area contributed by atoms with Crippen LogP contribution < -0.4 is 9.64 Å². The average Bonchev–Trinajstić information content (AvgIpc) is 3.38. The van der Waals surface area contributed by atoms with Crippen molar-refractivity contribution in [2.24, 2.45) is 0 Å². The lowest BCUT2D eigenvalue weighted by Gasteiger charge is -2.27. The van der Waals surface area contributed by atoms with Crippen molar-refractivity contribution in [3.05, 3.63) is 107 Å². The number of fused-ring (bicyclic) bond motifs is 1. The Morgan fingerprint density at radius 3 is 2.54 bits per heavy atom. The molecule has 1 atom stereocenters. The van der Waals surface area contributed by atoms with Crippen LogP contribution in [0.3, 0.4) is 0 Å². The van der Waals surface area contributed by atoms with Gasteiger partial charge >= 0.3 is 0 Å². The number of para-hydroxylation sites is 1. The highest BCUT2D eigenvalue weighted by Crippen LogP contribution is 2.43. The number of carbonyl (C=O) groups is 2. The van der Waals surface area contributed by atoms with E-state index in [4.69, 9.17) is 9.15 Å². The summed E-state index contributed by atoms with van der Waals surface area (Å²) in [7, 11) is 1.46. The monoisotopic (exact) mass is 475 g/mol. The molecule has 0 aliphatic carbocycles. The molecule has 0 radical (unpaired) electrons. The molecule has 0 bridgehead atoms. The number of hydrogen-bond donors (Lipinski definition) is 1. The maximum absolute atomic E-state index is 14.8. The summed E-state index contributed by atoms with van der Waals surface area (Å²) < 4.78 is 39.4. The molecule has 176 valence electrons. The van der Waals surface area contributed by atoms with Gasteiger partial charge in [0.05, 0.1) is 24.4 Å². The van der Waals surface area contributed by atoms with Gasteiger partial charge in [-0.25, -0.2) is 8.78 Å². The van der Waals surface area contributed by atoms with Gasteiger partial charge in [-0.1, -0.05) is 42.0 Å². The van der Waals surface area contributed by atoms with Gasteiger partial charge in [0.25, 0.3) is 5.91 Å². The third-order valence-corrected chi connectivity index (χ3v) is 5.93. The smallest absolute Gasteiger partial charge is 0.294 e. The Hall–Kier alpha value is -4.46. The van der Waals surface area contributed by atoms with Crippen LogP contribution in [0.5, 0.6) is 5.75 Å². The number of nitrogens with zero attached hydrogens (tertiary/aromatic N) is 1. The van der Waals surface area contributed by atoms with Crippen LogP contribution in [-0.4, -0.2) is 23.9 Å². The molecule has 0 saturated carbocycles. The van der Waals surface area contributed by atoms with Gasteiger partial charge in [0.15, 0.2) is 22.9 Å². The Kier molecular flexibility index (Phi) is 5.36. The number of hydrogen-bond acceptors (Lipinski definition) is 5. The Bertz CT molecular complexity index is 1540. The van der Waals surface area contributed by atoms with Crippen LogP contribution >= 0.6 is 0 Å². The molecule has 35 heavy (non-hydrogen) atoms. The normalized spacial score (nSPS) is 15.8. The number of methoxy groups -OCH3 is 1. The molecule has 6 nitrogen and oxygen atoms in total. The number of furan rings is 1. The number of halogens is 2. The van der Waals surface area contributed by atoms with Crippen molar-refractivity contribution in [3.63, 3.8) is 0 Å². The molecule has 8 heteroatoms. The number of anilines is 1. The Morgan fingerprint density at radius 1 is 1.06 bits per heavy atom. The van der Waals surface area contributed by atoms with Crippen LogP contribution in [0.4, 0.5) is 14.5 Å². The van der Waals surface area contributed by atoms with E-state index in [1.54, 1.807) is 36.4 Å². The summed E-state index contributed by atoms with van der Waals surface area (Å²) in [5, 5.41) is 11.4. The number of aliphatic hydroxyl groups excluding tert-OH is 1. The number of amides is 1.